The molecule has 1 unspecified atom stereocenters. The maximum absolute atomic E-state index is 6.65. The summed E-state index contributed by atoms with van der Waals surface area (Å²) in [7, 11) is 0. The molecule has 0 spiro atoms. The molecule has 2 nitrogen and oxygen atoms in total. The van der Waals surface area contributed by atoms with Crippen molar-refractivity contribution in [2.75, 3.05) is 0 Å². The van der Waals surface area contributed by atoms with Crippen LogP contribution in [0.4, 0.5) is 0 Å². The third-order valence-corrected chi connectivity index (χ3v) is 3.80. The molecule has 2 aromatic rings. The van der Waals surface area contributed by atoms with Crippen molar-refractivity contribution in [1.82, 2.24) is 4.98 Å². The van der Waals surface area contributed by atoms with Crippen LogP contribution in [0.3, 0.4) is 0 Å². The van der Waals surface area contributed by atoms with E-state index in [2.05, 4.69) is 40.0 Å². The number of halogens is 1. The van der Waals surface area contributed by atoms with Crippen molar-refractivity contribution in [2.24, 2.45) is 5.73 Å². The number of hydrogen-bond acceptors (Lipinski definition) is 2. The fourth-order valence-corrected chi connectivity index (χ4v) is 2.62. The molecule has 0 fully saturated rings. The molecule has 0 saturated carbocycles. The van der Waals surface area contributed by atoms with Crippen molar-refractivity contribution < 1.29 is 0 Å². The van der Waals surface area contributed by atoms with Crippen LogP contribution in [0.15, 0.2) is 53.1 Å². The van der Waals surface area contributed by atoms with E-state index < -0.39 is 0 Å². The first-order valence-corrected chi connectivity index (χ1v) is 7.38. The lowest BCUT2D eigenvalue weighted by Crippen LogP contribution is -2.39. The number of pyridine rings is 1. The molecule has 0 aliphatic heterocycles. The molecule has 2 N–H and O–H groups in total. The molecule has 3 heteroatoms. The minimum atomic E-state index is -0.336. The summed E-state index contributed by atoms with van der Waals surface area (Å²) in [6, 6.07) is 14.4. The number of nitrogens with zero attached hydrogens (tertiary/aromatic N) is 1. The Morgan fingerprint density at radius 2 is 1.89 bits per heavy atom. The number of aromatic nitrogens is 1. The van der Waals surface area contributed by atoms with Crippen LogP contribution in [0.5, 0.6) is 0 Å². The standard InChI is InChI=1S/C16H19BrN2/c1-2-10-16(18,13-6-4-3-5-7-13)11-15-9-8-14(17)12-19-15/h3-9,12H,2,10-11,18H2,1H3. The molecular weight excluding hydrogens is 300 g/mol. The van der Waals surface area contributed by atoms with Crippen LogP contribution < -0.4 is 5.73 Å². The molecule has 1 aromatic carbocycles. The maximum atomic E-state index is 6.65. The second-order valence-corrected chi connectivity index (χ2v) is 5.83. The van der Waals surface area contributed by atoms with E-state index in [9.17, 15) is 0 Å². The Labute approximate surface area is 123 Å². The van der Waals surface area contributed by atoms with Gasteiger partial charge in [-0.25, -0.2) is 0 Å². The number of rotatable bonds is 5. The normalized spacial score (nSPS) is 14.1. The predicted molar refractivity (Wildman–Crippen MR) is 82.9 cm³/mol. The van der Waals surface area contributed by atoms with E-state index in [-0.39, 0.29) is 5.54 Å². The summed E-state index contributed by atoms with van der Waals surface area (Å²) in [6.07, 6.45) is 4.60. The van der Waals surface area contributed by atoms with Crippen LogP contribution in [-0.4, -0.2) is 4.98 Å². The van der Waals surface area contributed by atoms with Crippen molar-refractivity contribution in [3.63, 3.8) is 0 Å². The summed E-state index contributed by atoms with van der Waals surface area (Å²) in [5.41, 5.74) is 8.52. The summed E-state index contributed by atoms with van der Waals surface area (Å²) in [5.74, 6) is 0. The zero-order valence-electron chi connectivity index (χ0n) is 11.1. The molecule has 100 valence electrons. The quantitative estimate of drug-likeness (QED) is 0.903. The van der Waals surface area contributed by atoms with Gasteiger partial charge in [-0.2, -0.15) is 0 Å². The lowest BCUT2D eigenvalue weighted by molar-refractivity contribution is 0.397. The zero-order chi connectivity index (χ0) is 13.7. The van der Waals surface area contributed by atoms with Gasteiger partial charge in [0.1, 0.15) is 0 Å². The second-order valence-electron chi connectivity index (χ2n) is 4.92. The van der Waals surface area contributed by atoms with Gasteiger partial charge in [0.2, 0.25) is 0 Å². The Bertz CT molecular complexity index is 510. The highest BCUT2D eigenvalue weighted by Gasteiger charge is 2.27. The minimum absolute atomic E-state index is 0.336. The Morgan fingerprint density at radius 3 is 2.47 bits per heavy atom. The highest BCUT2D eigenvalue weighted by Crippen LogP contribution is 2.27. The third-order valence-electron chi connectivity index (χ3n) is 3.33. The molecule has 1 aromatic heterocycles. The van der Waals surface area contributed by atoms with Crippen molar-refractivity contribution in [2.45, 2.75) is 31.7 Å². The Morgan fingerprint density at radius 1 is 1.16 bits per heavy atom. The van der Waals surface area contributed by atoms with Crippen LogP contribution in [0.25, 0.3) is 0 Å². The van der Waals surface area contributed by atoms with E-state index >= 15 is 0 Å². The van der Waals surface area contributed by atoms with Gasteiger partial charge in [-0.3, -0.25) is 4.98 Å². The van der Waals surface area contributed by atoms with Crippen LogP contribution >= 0.6 is 15.9 Å². The Balaban J connectivity index is 2.27. The molecule has 0 amide bonds. The first kappa shape index (κ1) is 14.2. The van der Waals surface area contributed by atoms with Gasteiger partial charge in [-0.05, 0) is 40.0 Å². The molecule has 2 rings (SSSR count). The smallest absolute Gasteiger partial charge is 0.0465 e. The Hall–Kier alpha value is -1.19. The van der Waals surface area contributed by atoms with Crippen LogP contribution in [0, 0.1) is 0 Å². The van der Waals surface area contributed by atoms with Crippen molar-refractivity contribution >= 4 is 15.9 Å². The molecule has 0 bridgehead atoms. The van der Waals surface area contributed by atoms with Gasteiger partial charge >= 0.3 is 0 Å². The van der Waals surface area contributed by atoms with Gasteiger partial charge in [0, 0.05) is 28.3 Å². The van der Waals surface area contributed by atoms with Crippen molar-refractivity contribution in [1.29, 1.82) is 0 Å². The van der Waals surface area contributed by atoms with E-state index in [1.54, 1.807) is 0 Å². The van der Waals surface area contributed by atoms with Gasteiger partial charge in [-0.1, -0.05) is 43.7 Å². The summed E-state index contributed by atoms with van der Waals surface area (Å²) in [4.78, 5) is 4.44. The number of hydrogen-bond donors (Lipinski definition) is 1. The average molecular weight is 319 g/mol. The Kier molecular flexibility index (Phi) is 4.72. The van der Waals surface area contributed by atoms with E-state index in [0.29, 0.717) is 0 Å². The highest BCUT2D eigenvalue weighted by atomic mass is 79.9. The van der Waals surface area contributed by atoms with Gasteiger partial charge in [-0.15, -0.1) is 0 Å². The van der Waals surface area contributed by atoms with Gasteiger partial charge < -0.3 is 5.73 Å². The molecule has 19 heavy (non-hydrogen) atoms. The fourth-order valence-electron chi connectivity index (χ4n) is 2.39. The number of nitrogens with two attached hydrogens (primary N) is 1. The van der Waals surface area contributed by atoms with Gasteiger partial charge in [0.25, 0.3) is 0 Å². The van der Waals surface area contributed by atoms with E-state index in [1.165, 1.54) is 5.56 Å². The maximum Gasteiger partial charge on any atom is 0.0465 e. The van der Waals surface area contributed by atoms with E-state index in [4.69, 9.17) is 5.73 Å². The molecule has 1 heterocycles. The molecule has 0 radical (unpaired) electrons. The highest BCUT2D eigenvalue weighted by molar-refractivity contribution is 9.10. The molecule has 0 aliphatic carbocycles. The van der Waals surface area contributed by atoms with Crippen LogP contribution in [-0.2, 0) is 12.0 Å². The van der Waals surface area contributed by atoms with Gasteiger partial charge in [0.05, 0.1) is 0 Å². The molecule has 0 aliphatic rings. The summed E-state index contributed by atoms with van der Waals surface area (Å²) >= 11 is 3.41. The summed E-state index contributed by atoms with van der Waals surface area (Å²) < 4.78 is 0.995. The lowest BCUT2D eigenvalue weighted by atomic mass is 9.82. The molecule has 0 saturated heterocycles. The largest absolute Gasteiger partial charge is 0.321 e. The third kappa shape index (κ3) is 3.64. The first-order chi connectivity index (χ1) is 9.14. The topological polar surface area (TPSA) is 38.9 Å². The van der Waals surface area contributed by atoms with E-state index in [0.717, 1.165) is 29.4 Å². The first-order valence-electron chi connectivity index (χ1n) is 6.59. The van der Waals surface area contributed by atoms with Gasteiger partial charge in [0.15, 0.2) is 0 Å². The molecule has 1 atom stereocenters. The monoisotopic (exact) mass is 318 g/mol. The minimum Gasteiger partial charge on any atom is -0.321 e. The van der Waals surface area contributed by atoms with Crippen molar-refractivity contribution in [3.05, 3.63) is 64.4 Å². The predicted octanol–water partition coefficient (Wildman–Crippen LogP) is 4.04. The summed E-state index contributed by atoms with van der Waals surface area (Å²) in [5, 5.41) is 0. The summed E-state index contributed by atoms with van der Waals surface area (Å²) in [6.45, 7) is 2.17. The second kappa shape index (κ2) is 6.31. The lowest BCUT2D eigenvalue weighted by Gasteiger charge is -2.29. The van der Waals surface area contributed by atoms with Crippen molar-refractivity contribution in [3.8, 4) is 0 Å². The fraction of sp³-hybridized carbons (Fsp3) is 0.312. The molecular formula is C16H19BrN2. The number of benzene rings is 1. The van der Waals surface area contributed by atoms with Crippen LogP contribution in [0.2, 0.25) is 0 Å². The van der Waals surface area contributed by atoms with Crippen LogP contribution in [0.1, 0.15) is 31.0 Å². The SMILES string of the molecule is CCCC(N)(Cc1ccc(Br)cn1)c1ccccc1. The van der Waals surface area contributed by atoms with E-state index in [1.807, 2.05) is 36.5 Å². The zero-order valence-corrected chi connectivity index (χ0v) is 12.7. The average Bonchev–Trinajstić information content (AvgIpc) is 2.43.